The van der Waals surface area contributed by atoms with E-state index in [0.29, 0.717) is 25.0 Å². The van der Waals surface area contributed by atoms with Crippen LogP contribution in [0.25, 0.3) is 0 Å². The summed E-state index contributed by atoms with van der Waals surface area (Å²) in [6, 6.07) is 0. The molecule has 0 saturated carbocycles. The minimum absolute atomic E-state index is 0.149. The van der Waals surface area contributed by atoms with Crippen LogP contribution in [0.1, 0.15) is 67.2 Å². The van der Waals surface area contributed by atoms with Gasteiger partial charge in [0.15, 0.2) is 0 Å². The molecule has 0 heterocycles. The molecular formula is C20H42O4S2Sn. The predicted octanol–water partition coefficient (Wildman–Crippen LogP) is 5.36. The zero-order valence-electron chi connectivity index (χ0n) is 18.3. The number of thiol groups is 2. The number of ether oxygens (including phenoxy) is 2. The maximum absolute atomic E-state index is 10.4. The third-order valence-corrected chi connectivity index (χ3v) is 7.38. The Hall–Kier alpha value is 0.439. The van der Waals surface area contributed by atoms with Gasteiger partial charge in [0.25, 0.3) is 0 Å². The van der Waals surface area contributed by atoms with Crippen molar-refractivity contribution in [1.29, 1.82) is 0 Å². The van der Waals surface area contributed by atoms with E-state index in [4.69, 9.17) is 9.47 Å². The van der Waals surface area contributed by atoms with E-state index in [1.807, 2.05) is 27.7 Å². The first kappa shape index (κ1) is 32.1. The third kappa shape index (κ3) is 37.8. The fraction of sp³-hybridized carbons (Fsp3) is 0.900. The van der Waals surface area contributed by atoms with Crippen LogP contribution in [0.15, 0.2) is 0 Å². The van der Waals surface area contributed by atoms with Crippen LogP contribution < -0.4 is 0 Å². The topological polar surface area (TPSA) is 52.6 Å². The van der Waals surface area contributed by atoms with E-state index >= 15 is 0 Å². The van der Waals surface area contributed by atoms with E-state index in [1.165, 1.54) is 25.7 Å². The number of carbonyl (C=O) groups excluding carboxylic acids is 2. The Morgan fingerprint density at radius 3 is 1.33 bits per heavy atom. The number of unbranched alkanes of at least 4 members (excludes halogenated alkanes) is 2. The average Bonchev–Trinajstić information content (AvgIpc) is 2.65. The molecule has 0 aromatic carbocycles. The first-order valence-corrected chi connectivity index (χ1v) is 15.3. The van der Waals surface area contributed by atoms with Gasteiger partial charge in [0.2, 0.25) is 0 Å². The van der Waals surface area contributed by atoms with Gasteiger partial charge in [-0.15, -0.1) is 0 Å². The molecule has 0 bridgehead atoms. The summed E-state index contributed by atoms with van der Waals surface area (Å²) in [6.07, 6.45) is 5.84. The Kier molecular flexibility index (Phi) is 31.4. The SMILES string of the molecule is CC(C)COC(=O)CS.CC(C)COC(=O)CS.CCC[CH2][Sn][CH2]CCC. The summed E-state index contributed by atoms with van der Waals surface area (Å²) in [6.45, 7) is 13.5. The Bertz CT molecular complexity index is 297. The summed E-state index contributed by atoms with van der Waals surface area (Å²) < 4.78 is 12.7. The quantitative estimate of drug-likeness (QED) is 0.155. The molecular weight excluding hydrogens is 487 g/mol. The van der Waals surface area contributed by atoms with E-state index < -0.39 is 0 Å². The van der Waals surface area contributed by atoms with Crippen LogP contribution in [0.2, 0.25) is 8.87 Å². The molecule has 2 radical (unpaired) electrons. The molecule has 0 aromatic heterocycles. The molecule has 0 N–H and O–H groups in total. The van der Waals surface area contributed by atoms with E-state index in [2.05, 4.69) is 39.1 Å². The molecule has 0 aliphatic heterocycles. The van der Waals surface area contributed by atoms with Gasteiger partial charge < -0.3 is 9.47 Å². The van der Waals surface area contributed by atoms with Crippen molar-refractivity contribution in [3.05, 3.63) is 0 Å². The molecule has 0 saturated heterocycles. The molecule has 0 unspecified atom stereocenters. The van der Waals surface area contributed by atoms with Crippen LogP contribution in [0.3, 0.4) is 0 Å². The predicted molar refractivity (Wildman–Crippen MR) is 124 cm³/mol. The minimum atomic E-state index is -0.243. The van der Waals surface area contributed by atoms with Gasteiger partial charge in [0, 0.05) is 0 Å². The molecule has 0 atom stereocenters. The Labute approximate surface area is 189 Å². The van der Waals surface area contributed by atoms with E-state index in [1.54, 1.807) is 8.87 Å². The monoisotopic (exact) mass is 530 g/mol. The molecule has 7 heteroatoms. The van der Waals surface area contributed by atoms with Gasteiger partial charge in [-0.3, -0.25) is 9.59 Å². The van der Waals surface area contributed by atoms with Crippen molar-refractivity contribution in [3.63, 3.8) is 0 Å². The molecule has 0 aliphatic rings. The van der Waals surface area contributed by atoms with Crippen LogP contribution in [0.5, 0.6) is 0 Å². The second kappa shape index (κ2) is 26.4. The molecule has 0 rings (SSSR count). The zero-order valence-corrected chi connectivity index (χ0v) is 22.9. The summed E-state index contributed by atoms with van der Waals surface area (Å²) in [5.41, 5.74) is 0. The van der Waals surface area contributed by atoms with Crippen molar-refractivity contribution in [3.8, 4) is 0 Å². The van der Waals surface area contributed by atoms with E-state index in [0.717, 1.165) is 0 Å². The van der Waals surface area contributed by atoms with Gasteiger partial charge in [-0.1, -0.05) is 27.7 Å². The third-order valence-electron chi connectivity index (χ3n) is 2.83. The average molecular weight is 529 g/mol. The van der Waals surface area contributed by atoms with Crippen molar-refractivity contribution in [2.75, 3.05) is 24.7 Å². The van der Waals surface area contributed by atoms with Gasteiger partial charge in [-0.2, -0.15) is 25.3 Å². The first-order valence-electron chi connectivity index (χ1n) is 9.98. The van der Waals surface area contributed by atoms with Crippen LogP contribution in [0.4, 0.5) is 0 Å². The molecule has 0 amide bonds. The van der Waals surface area contributed by atoms with Crippen molar-refractivity contribution in [1.82, 2.24) is 0 Å². The molecule has 162 valence electrons. The number of hydrogen-bond donors (Lipinski definition) is 2. The zero-order chi connectivity index (χ0) is 21.5. The fourth-order valence-electron chi connectivity index (χ4n) is 1.34. The summed E-state index contributed by atoms with van der Waals surface area (Å²) in [4.78, 5) is 20.8. The number of carbonyl (C=O) groups is 2. The standard InChI is InChI=1S/2C6H12O2S.2C4H9.Sn/c2*1-5(2)3-8-6(7)4-9;2*1-3-4-2;/h2*5,9H,3-4H2,1-2H3;2*1,3-4H2,2H3;. The maximum atomic E-state index is 10.4. The van der Waals surface area contributed by atoms with Crippen LogP contribution in [-0.4, -0.2) is 57.8 Å². The molecule has 27 heavy (non-hydrogen) atoms. The van der Waals surface area contributed by atoms with Crippen LogP contribution >= 0.6 is 25.3 Å². The fourth-order valence-corrected chi connectivity index (χ4v) is 5.68. The van der Waals surface area contributed by atoms with E-state index in [9.17, 15) is 9.59 Å². The second-order valence-corrected chi connectivity index (χ2v) is 11.8. The van der Waals surface area contributed by atoms with Crippen molar-refractivity contribution in [2.24, 2.45) is 11.8 Å². The second-order valence-electron chi connectivity index (χ2n) is 6.93. The number of rotatable bonds is 12. The van der Waals surface area contributed by atoms with Gasteiger partial charge in [-0.25, -0.2) is 0 Å². The summed E-state index contributed by atoms with van der Waals surface area (Å²) in [5, 5.41) is 0. The van der Waals surface area contributed by atoms with Crippen LogP contribution in [-0.2, 0) is 19.1 Å². The molecule has 0 spiro atoms. The van der Waals surface area contributed by atoms with E-state index in [-0.39, 0.29) is 44.6 Å². The van der Waals surface area contributed by atoms with Crippen molar-refractivity contribution >= 4 is 58.3 Å². The van der Waals surface area contributed by atoms with Gasteiger partial charge in [0.1, 0.15) is 0 Å². The Morgan fingerprint density at radius 1 is 0.778 bits per heavy atom. The molecule has 0 fully saturated rings. The van der Waals surface area contributed by atoms with Crippen LogP contribution in [0, 0.1) is 11.8 Å². The number of esters is 2. The first-order chi connectivity index (χ1) is 12.7. The Balaban J connectivity index is -0.000000320. The van der Waals surface area contributed by atoms with Gasteiger partial charge >= 0.3 is 81.5 Å². The normalized spacial score (nSPS) is 9.85. The Morgan fingerprint density at radius 2 is 1.11 bits per heavy atom. The molecule has 4 nitrogen and oxygen atoms in total. The summed E-state index contributed by atoms with van der Waals surface area (Å²) >= 11 is 7.64. The van der Waals surface area contributed by atoms with Crippen molar-refractivity contribution < 1.29 is 19.1 Å². The van der Waals surface area contributed by atoms with Gasteiger partial charge in [0.05, 0.1) is 24.7 Å². The van der Waals surface area contributed by atoms with Gasteiger partial charge in [-0.05, 0) is 11.8 Å². The summed E-state index contributed by atoms with van der Waals surface area (Å²) in [7, 11) is 0. The summed E-state index contributed by atoms with van der Waals surface area (Å²) in [5.74, 6) is 0.682. The number of hydrogen-bond acceptors (Lipinski definition) is 6. The van der Waals surface area contributed by atoms with Crippen molar-refractivity contribution in [2.45, 2.75) is 76.1 Å². The molecule has 0 aromatic rings. The molecule has 0 aliphatic carbocycles.